The molecule has 4 heteroatoms. The highest BCUT2D eigenvalue weighted by molar-refractivity contribution is 7.73. The van der Waals surface area contributed by atoms with Crippen LogP contribution in [-0.2, 0) is 10.3 Å². The molecule has 0 saturated carbocycles. The van der Waals surface area contributed by atoms with Crippen LogP contribution in [0.4, 0.5) is 0 Å². The van der Waals surface area contributed by atoms with E-state index in [4.69, 9.17) is 0 Å². The van der Waals surface area contributed by atoms with E-state index in [0.29, 0.717) is 11.3 Å². The minimum Gasteiger partial charge on any atom is -0.315 e. The van der Waals surface area contributed by atoms with Crippen LogP contribution in [0.15, 0.2) is 48.2 Å². The Kier molecular flexibility index (Phi) is 4.22. The van der Waals surface area contributed by atoms with Crippen molar-refractivity contribution < 1.29 is 8.42 Å². The second-order valence-corrected chi connectivity index (χ2v) is 5.08. The Morgan fingerprint density at radius 1 is 1.21 bits per heavy atom. The van der Waals surface area contributed by atoms with Crippen molar-refractivity contribution in [3.8, 4) is 12.0 Å². The lowest BCUT2D eigenvalue weighted by molar-refractivity contribution is 0.627. The van der Waals surface area contributed by atoms with Gasteiger partial charge in [0.05, 0.1) is 4.86 Å². The van der Waals surface area contributed by atoms with E-state index < -0.39 is 10.3 Å². The van der Waals surface area contributed by atoms with Gasteiger partial charge in [-0.25, -0.2) is 0 Å². The molecular weight excluding hydrogens is 258 g/mol. The maximum atomic E-state index is 10.7. The van der Waals surface area contributed by atoms with Gasteiger partial charge in [-0.3, -0.25) is 0 Å². The molecule has 0 spiro atoms. The topological polar surface area (TPSA) is 46.2 Å². The van der Waals surface area contributed by atoms with E-state index in [0.717, 1.165) is 16.8 Å². The van der Waals surface area contributed by atoms with Crippen LogP contribution in [0, 0.1) is 18.9 Å². The minimum atomic E-state index is -2.13. The molecule has 19 heavy (non-hydrogen) atoms. The molecular formula is C15H13NO2S. The Morgan fingerprint density at radius 3 is 2.63 bits per heavy atom. The maximum Gasteiger partial charge on any atom is 0.217 e. The Morgan fingerprint density at radius 2 is 2.00 bits per heavy atom. The molecule has 1 N–H and O–H groups in total. The molecule has 0 atom stereocenters. The van der Waals surface area contributed by atoms with E-state index in [9.17, 15) is 8.42 Å². The van der Waals surface area contributed by atoms with Crippen LogP contribution in [-0.4, -0.2) is 13.3 Å². The van der Waals surface area contributed by atoms with Gasteiger partial charge in [0.25, 0.3) is 0 Å². The zero-order chi connectivity index (χ0) is 13.7. The van der Waals surface area contributed by atoms with E-state index in [2.05, 4.69) is 17.3 Å². The van der Waals surface area contributed by atoms with E-state index in [1.165, 1.54) is 0 Å². The molecule has 0 fully saturated rings. The van der Waals surface area contributed by atoms with Crippen LogP contribution in [0.2, 0.25) is 0 Å². The number of nitrogens with one attached hydrogen (secondary N) is 1. The number of rotatable bonds is 1. The van der Waals surface area contributed by atoms with Crippen molar-refractivity contribution in [2.45, 2.75) is 13.3 Å². The van der Waals surface area contributed by atoms with Gasteiger partial charge in [-0.2, -0.15) is 8.42 Å². The second-order valence-electron chi connectivity index (χ2n) is 4.09. The molecule has 1 aliphatic carbocycles. The van der Waals surface area contributed by atoms with Crippen molar-refractivity contribution in [1.29, 1.82) is 0 Å². The van der Waals surface area contributed by atoms with Crippen LogP contribution in [0.3, 0.4) is 0 Å². The number of aryl methyl sites for hydroxylation is 1. The van der Waals surface area contributed by atoms with Gasteiger partial charge in [0, 0.05) is 23.7 Å². The van der Waals surface area contributed by atoms with Crippen LogP contribution in [0.25, 0.3) is 0 Å². The van der Waals surface area contributed by atoms with Gasteiger partial charge in [-0.1, -0.05) is 24.3 Å². The number of hydrogen-bond acceptors (Lipinski definition) is 3. The zero-order valence-electron chi connectivity index (χ0n) is 10.5. The van der Waals surface area contributed by atoms with Crippen molar-refractivity contribution in [2.75, 3.05) is 0 Å². The van der Waals surface area contributed by atoms with Gasteiger partial charge < -0.3 is 5.32 Å². The molecule has 1 aromatic rings. The summed E-state index contributed by atoms with van der Waals surface area (Å²) >= 11 is 0. The van der Waals surface area contributed by atoms with Gasteiger partial charge in [-0.15, -0.1) is 0 Å². The first-order valence-electron chi connectivity index (χ1n) is 5.83. The molecule has 1 aliphatic rings. The lowest BCUT2D eigenvalue weighted by atomic mass is 10.1. The molecule has 0 amide bonds. The minimum absolute atomic E-state index is 0.386. The SMILES string of the molecule is Cc1ccccc1C#CNC1=CCC(=S(=O)=O)C=C1. The molecule has 0 radical (unpaired) electrons. The summed E-state index contributed by atoms with van der Waals surface area (Å²) in [7, 11) is -2.13. The van der Waals surface area contributed by atoms with Crippen LogP contribution in [0.1, 0.15) is 17.5 Å². The second kappa shape index (κ2) is 6.07. The normalized spacial score (nSPS) is 13.3. The molecule has 0 saturated heterocycles. The Hall–Kier alpha value is -2.25. The molecule has 96 valence electrons. The summed E-state index contributed by atoms with van der Waals surface area (Å²) in [6.07, 6.45) is 5.50. The highest BCUT2D eigenvalue weighted by Crippen LogP contribution is 2.06. The molecule has 0 aromatic heterocycles. The molecule has 0 aliphatic heterocycles. The largest absolute Gasteiger partial charge is 0.315 e. The first-order valence-corrected chi connectivity index (χ1v) is 6.90. The smallest absolute Gasteiger partial charge is 0.217 e. The predicted molar refractivity (Wildman–Crippen MR) is 77.0 cm³/mol. The van der Waals surface area contributed by atoms with Gasteiger partial charge in [-0.05, 0) is 36.6 Å². The van der Waals surface area contributed by atoms with E-state index in [1.54, 1.807) is 18.2 Å². The van der Waals surface area contributed by atoms with Crippen LogP contribution < -0.4 is 5.32 Å². The third kappa shape index (κ3) is 3.60. The summed E-state index contributed by atoms with van der Waals surface area (Å²) < 4.78 is 21.5. The molecule has 1 aromatic carbocycles. The molecule has 0 unspecified atom stereocenters. The fourth-order valence-corrected chi connectivity index (χ4v) is 2.03. The average molecular weight is 271 g/mol. The van der Waals surface area contributed by atoms with Gasteiger partial charge >= 0.3 is 0 Å². The van der Waals surface area contributed by atoms with Gasteiger partial charge in [0.2, 0.25) is 10.3 Å². The first kappa shape index (κ1) is 13.2. The lowest BCUT2D eigenvalue weighted by Gasteiger charge is -2.04. The number of benzene rings is 1. The van der Waals surface area contributed by atoms with Crippen molar-refractivity contribution in [1.82, 2.24) is 5.32 Å². The molecule has 3 nitrogen and oxygen atoms in total. The summed E-state index contributed by atoms with van der Waals surface area (Å²) in [5.41, 5.74) is 2.92. The quantitative estimate of drug-likeness (QED) is 0.481. The third-order valence-electron chi connectivity index (χ3n) is 2.74. The summed E-state index contributed by atoms with van der Waals surface area (Å²) in [6.45, 7) is 2.01. The van der Waals surface area contributed by atoms with Gasteiger partial charge in [0.15, 0.2) is 0 Å². The Bertz CT molecular complexity index is 736. The maximum absolute atomic E-state index is 10.7. The number of allylic oxidation sites excluding steroid dienone is 3. The number of hydrogen-bond donors (Lipinski definition) is 1. The summed E-state index contributed by atoms with van der Waals surface area (Å²) in [4.78, 5) is 0.386. The van der Waals surface area contributed by atoms with Crippen LogP contribution in [0.5, 0.6) is 0 Å². The van der Waals surface area contributed by atoms with E-state index >= 15 is 0 Å². The monoisotopic (exact) mass is 271 g/mol. The summed E-state index contributed by atoms with van der Waals surface area (Å²) in [5, 5.41) is 2.96. The highest BCUT2D eigenvalue weighted by atomic mass is 32.2. The molecule has 0 bridgehead atoms. The van der Waals surface area contributed by atoms with E-state index in [1.807, 2.05) is 31.2 Å². The zero-order valence-corrected chi connectivity index (χ0v) is 11.3. The Labute approximate surface area is 114 Å². The van der Waals surface area contributed by atoms with Crippen molar-refractivity contribution in [3.05, 3.63) is 59.3 Å². The fourth-order valence-electron chi connectivity index (χ4n) is 1.63. The average Bonchev–Trinajstić information content (AvgIpc) is 2.41. The van der Waals surface area contributed by atoms with Crippen LogP contribution >= 0.6 is 0 Å². The third-order valence-corrected chi connectivity index (χ3v) is 3.47. The predicted octanol–water partition coefficient (Wildman–Crippen LogP) is 1.79. The molecule has 0 heterocycles. The fraction of sp³-hybridized carbons (Fsp3) is 0.133. The standard InChI is InChI=1S/C15H13NO2S/c1-12-4-2-3-5-13(12)10-11-16-14-6-8-15(9-7-14)19(17)18/h2-8,16H,9H2,1H3. The molecule has 2 rings (SSSR count). The Balaban J connectivity index is 2.05. The first-order chi connectivity index (χ1) is 9.16. The lowest BCUT2D eigenvalue weighted by Crippen LogP contribution is -2.08. The summed E-state index contributed by atoms with van der Waals surface area (Å²) in [6, 6.07) is 10.8. The van der Waals surface area contributed by atoms with E-state index in [-0.39, 0.29) is 0 Å². The highest BCUT2D eigenvalue weighted by Gasteiger charge is 2.02. The van der Waals surface area contributed by atoms with Crippen molar-refractivity contribution >= 4 is 15.2 Å². The van der Waals surface area contributed by atoms with Crippen molar-refractivity contribution in [2.24, 2.45) is 0 Å². The summed E-state index contributed by atoms with van der Waals surface area (Å²) in [5.74, 6) is 3.03. The van der Waals surface area contributed by atoms with Gasteiger partial charge in [0.1, 0.15) is 0 Å². The van der Waals surface area contributed by atoms with Crippen molar-refractivity contribution in [3.63, 3.8) is 0 Å².